The average molecular weight is 416 g/mol. The molecule has 4 nitrogen and oxygen atoms in total. The van der Waals surface area contributed by atoms with Gasteiger partial charge in [0.2, 0.25) is 0 Å². The van der Waals surface area contributed by atoms with Crippen LogP contribution >= 0.6 is 11.6 Å². The van der Waals surface area contributed by atoms with E-state index in [1.165, 1.54) is 11.1 Å². The second-order valence-corrected chi connectivity index (χ2v) is 8.10. The van der Waals surface area contributed by atoms with Crippen molar-refractivity contribution in [1.82, 2.24) is 5.32 Å². The molecule has 2 aromatic rings. The Morgan fingerprint density at radius 3 is 2.76 bits per heavy atom. The summed E-state index contributed by atoms with van der Waals surface area (Å²) in [6.45, 7) is 4.75. The summed E-state index contributed by atoms with van der Waals surface area (Å²) in [5.41, 5.74) is 4.49. The van der Waals surface area contributed by atoms with Crippen LogP contribution in [0, 0.1) is 0 Å². The Labute approximate surface area is 178 Å². The molecule has 29 heavy (non-hydrogen) atoms. The molecule has 0 saturated heterocycles. The molecule has 2 N–H and O–H groups in total. The number of hydrogen-bond acceptors (Lipinski definition) is 4. The molecule has 0 spiro atoms. The number of rotatable bonds is 8. The van der Waals surface area contributed by atoms with Gasteiger partial charge in [-0.1, -0.05) is 48.9 Å². The number of ether oxygens (including phenoxy) is 1. The first kappa shape index (κ1) is 21.8. The van der Waals surface area contributed by atoms with Crippen LogP contribution in [0.2, 0.25) is 5.02 Å². The van der Waals surface area contributed by atoms with Crippen LogP contribution in [0.15, 0.2) is 42.5 Å². The summed E-state index contributed by atoms with van der Waals surface area (Å²) in [7, 11) is 0. The van der Waals surface area contributed by atoms with Gasteiger partial charge in [-0.25, -0.2) is 0 Å². The Morgan fingerprint density at radius 2 is 2.03 bits per heavy atom. The van der Waals surface area contributed by atoms with Gasteiger partial charge in [-0.3, -0.25) is 4.79 Å². The van der Waals surface area contributed by atoms with E-state index in [1.54, 1.807) is 12.1 Å². The maximum atomic E-state index is 12.3. The Balaban J connectivity index is 1.64. The number of hydrogen-bond donors (Lipinski definition) is 2. The predicted molar refractivity (Wildman–Crippen MR) is 116 cm³/mol. The monoisotopic (exact) mass is 415 g/mol. The molecule has 0 bridgehead atoms. The number of nitrogens with one attached hydrogen (secondary N) is 1. The van der Waals surface area contributed by atoms with Gasteiger partial charge in [0.05, 0.1) is 18.6 Å². The highest BCUT2D eigenvalue weighted by atomic mass is 35.5. The Kier molecular flexibility index (Phi) is 7.70. The lowest BCUT2D eigenvalue weighted by atomic mass is 9.84. The zero-order chi connectivity index (χ0) is 20.8. The number of halogens is 1. The van der Waals surface area contributed by atoms with Gasteiger partial charge < -0.3 is 15.2 Å². The third kappa shape index (κ3) is 5.59. The van der Waals surface area contributed by atoms with Gasteiger partial charge in [0, 0.05) is 17.6 Å². The fourth-order valence-corrected chi connectivity index (χ4v) is 4.26. The molecule has 0 fully saturated rings. The molecule has 3 rings (SSSR count). The minimum Gasteiger partial charge on any atom is -0.466 e. The number of carbonyl (C=O) groups is 1. The average Bonchev–Trinajstić information content (AvgIpc) is 2.72. The van der Waals surface area contributed by atoms with Crippen molar-refractivity contribution < 1.29 is 14.6 Å². The van der Waals surface area contributed by atoms with Crippen LogP contribution in [0.5, 0.6) is 0 Å². The largest absolute Gasteiger partial charge is 0.466 e. The molecular weight excluding hydrogens is 386 g/mol. The van der Waals surface area contributed by atoms with Gasteiger partial charge >= 0.3 is 5.97 Å². The number of aliphatic hydroxyl groups is 1. The minimum absolute atomic E-state index is 0.148. The molecule has 0 heterocycles. The topological polar surface area (TPSA) is 58.6 Å². The van der Waals surface area contributed by atoms with E-state index >= 15 is 0 Å². The van der Waals surface area contributed by atoms with Crippen molar-refractivity contribution in [1.29, 1.82) is 0 Å². The normalized spacial score (nSPS) is 18.0. The molecule has 156 valence electrons. The van der Waals surface area contributed by atoms with Crippen molar-refractivity contribution in [2.24, 2.45) is 0 Å². The number of aliphatic hydroxyl groups excluding tert-OH is 1. The molecule has 1 aliphatic carbocycles. The summed E-state index contributed by atoms with van der Waals surface area (Å²) in [5.74, 6) is -0.358. The number of benzene rings is 2. The molecule has 0 amide bonds. The quantitative estimate of drug-likeness (QED) is 0.619. The molecule has 0 aliphatic heterocycles. The molecule has 2 aromatic carbocycles. The summed E-state index contributed by atoms with van der Waals surface area (Å²) >= 11 is 6.02. The summed E-state index contributed by atoms with van der Waals surface area (Å²) in [5, 5.41) is 14.6. The molecule has 5 heteroatoms. The van der Waals surface area contributed by atoms with Crippen molar-refractivity contribution >= 4 is 17.6 Å². The van der Waals surface area contributed by atoms with Crippen molar-refractivity contribution in [2.45, 2.75) is 57.6 Å². The standard InChI is InChI=1S/C24H30ClNO3/c1-3-22(24(28)29-4-2)17-9-8-16-10-11-21(14-19(16)12-17)26-15-23(27)18-6-5-7-20(25)13-18/h5-9,12-13,21-23,26-27H,3-4,10-11,14-15H2,1-2H3. The van der Waals surface area contributed by atoms with Crippen molar-refractivity contribution in [3.8, 4) is 0 Å². The lowest BCUT2D eigenvalue weighted by Gasteiger charge is -2.28. The third-order valence-corrected chi connectivity index (χ3v) is 5.91. The van der Waals surface area contributed by atoms with E-state index < -0.39 is 6.10 Å². The van der Waals surface area contributed by atoms with Gasteiger partial charge in [-0.2, -0.15) is 0 Å². The fourth-order valence-electron chi connectivity index (χ4n) is 4.06. The highest BCUT2D eigenvalue weighted by Gasteiger charge is 2.24. The molecule has 0 saturated carbocycles. The van der Waals surface area contributed by atoms with Crippen LogP contribution in [-0.2, 0) is 22.4 Å². The number of esters is 1. The van der Waals surface area contributed by atoms with Gasteiger partial charge in [0.1, 0.15) is 0 Å². The highest BCUT2D eigenvalue weighted by Crippen LogP contribution is 2.28. The lowest BCUT2D eigenvalue weighted by molar-refractivity contribution is -0.145. The zero-order valence-electron chi connectivity index (χ0n) is 17.2. The van der Waals surface area contributed by atoms with Gasteiger partial charge in [0.15, 0.2) is 0 Å². The van der Waals surface area contributed by atoms with E-state index in [4.69, 9.17) is 16.3 Å². The Hall–Kier alpha value is -1.88. The maximum absolute atomic E-state index is 12.3. The summed E-state index contributed by atoms with van der Waals surface area (Å²) in [4.78, 5) is 12.3. The molecule has 3 unspecified atom stereocenters. The number of carbonyl (C=O) groups excluding carboxylic acids is 1. The van der Waals surface area contributed by atoms with Crippen LogP contribution in [0.25, 0.3) is 0 Å². The SMILES string of the molecule is CCOC(=O)C(CC)c1ccc2c(c1)CC(NCC(O)c1cccc(Cl)c1)CC2. The predicted octanol–water partition coefficient (Wildman–Crippen LogP) is 4.58. The fraction of sp³-hybridized carbons (Fsp3) is 0.458. The Bertz CT molecular complexity index is 839. The minimum atomic E-state index is -0.588. The molecule has 0 radical (unpaired) electrons. The molecule has 3 atom stereocenters. The van der Waals surface area contributed by atoms with E-state index in [0.717, 1.165) is 36.8 Å². The van der Waals surface area contributed by atoms with E-state index in [2.05, 4.69) is 23.5 Å². The van der Waals surface area contributed by atoms with E-state index in [1.807, 2.05) is 26.0 Å². The third-order valence-electron chi connectivity index (χ3n) is 5.67. The van der Waals surface area contributed by atoms with E-state index in [-0.39, 0.29) is 11.9 Å². The first-order valence-electron chi connectivity index (χ1n) is 10.5. The summed E-state index contributed by atoms with van der Waals surface area (Å²) in [6, 6.07) is 14.0. The molecule has 0 aromatic heterocycles. The van der Waals surface area contributed by atoms with Gasteiger partial charge in [-0.15, -0.1) is 0 Å². The molecule has 1 aliphatic rings. The van der Waals surface area contributed by atoms with E-state index in [9.17, 15) is 9.90 Å². The number of aryl methyl sites for hydroxylation is 1. The number of fused-ring (bicyclic) bond motifs is 1. The summed E-state index contributed by atoms with van der Waals surface area (Å²) < 4.78 is 5.24. The smallest absolute Gasteiger partial charge is 0.313 e. The van der Waals surface area contributed by atoms with E-state index in [0.29, 0.717) is 24.2 Å². The highest BCUT2D eigenvalue weighted by molar-refractivity contribution is 6.30. The molecular formula is C24H30ClNO3. The zero-order valence-corrected chi connectivity index (χ0v) is 17.9. The van der Waals surface area contributed by atoms with Gasteiger partial charge in [0.25, 0.3) is 0 Å². The van der Waals surface area contributed by atoms with Crippen molar-refractivity contribution in [3.63, 3.8) is 0 Å². The van der Waals surface area contributed by atoms with Crippen LogP contribution in [-0.4, -0.2) is 30.3 Å². The second-order valence-electron chi connectivity index (χ2n) is 7.66. The summed E-state index contributed by atoms with van der Waals surface area (Å²) in [6.07, 6.45) is 3.06. The van der Waals surface area contributed by atoms with Gasteiger partial charge in [-0.05, 0) is 67.0 Å². The van der Waals surface area contributed by atoms with Crippen LogP contribution < -0.4 is 5.32 Å². The van der Waals surface area contributed by atoms with Crippen LogP contribution in [0.1, 0.15) is 61.0 Å². The lowest BCUT2D eigenvalue weighted by Crippen LogP contribution is -2.37. The maximum Gasteiger partial charge on any atom is 0.313 e. The van der Waals surface area contributed by atoms with Crippen molar-refractivity contribution in [2.75, 3.05) is 13.2 Å². The van der Waals surface area contributed by atoms with Crippen molar-refractivity contribution in [3.05, 3.63) is 69.7 Å². The first-order valence-corrected chi connectivity index (χ1v) is 10.8. The van der Waals surface area contributed by atoms with Crippen LogP contribution in [0.4, 0.5) is 0 Å². The Morgan fingerprint density at radius 1 is 1.21 bits per heavy atom. The second kappa shape index (κ2) is 10.2. The van der Waals surface area contributed by atoms with Crippen LogP contribution in [0.3, 0.4) is 0 Å². The first-order chi connectivity index (χ1) is 14.0.